The van der Waals surface area contributed by atoms with Gasteiger partial charge in [0, 0.05) is 33.2 Å². The summed E-state index contributed by atoms with van der Waals surface area (Å²) in [5.41, 5.74) is 7.05. The molecule has 0 bridgehead atoms. The number of hydrogen-bond donors (Lipinski definition) is 2. The number of ether oxygens (including phenoxy) is 1. The molecule has 3 N–H and O–H groups in total. The van der Waals surface area contributed by atoms with Crippen LogP contribution in [0, 0.1) is 19.8 Å². The van der Waals surface area contributed by atoms with Gasteiger partial charge in [-0.15, -0.1) is 12.4 Å². The number of piperidine rings is 1. The van der Waals surface area contributed by atoms with Gasteiger partial charge in [0.2, 0.25) is 5.91 Å². The van der Waals surface area contributed by atoms with Crippen molar-refractivity contribution in [1.29, 1.82) is 0 Å². The summed E-state index contributed by atoms with van der Waals surface area (Å²) in [6.07, 6.45) is 1.61. The second kappa shape index (κ2) is 9.62. The molecule has 1 aliphatic rings. The van der Waals surface area contributed by atoms with Crippen molar-refractivity contribution in [3.05, 3.63) is 11.4 Å². The maximum Gasteiger partial charge on any atom is 0.260 e. The van der Waals surface area contributed by atoms with Crippen molar-refractivity contribution < 1.29 is 14.3 Å². The number of nitrogens with one attached hydrogen (secondary N) is 1. The summed E-state index contributed by atoms with van der Waals surface area (Å²) in [6, 6.07) is 0. The van der Waals surface area contributed by atoms with Crippen molar-refractivity contribution >= 4 is 24.2 Å². The minimum absolute atomic E-state index is 0. The number of likely N-dealkylation sites (tertiary alicyclic amines) is 1. The Bertz CT molecular complexity index is 605. The van der Waals surface area contributed by atoms with Crippen LogP contribution in [0.25, 0.3) is 0 Å². The van der Waals surface area contributed by atoms with E-state index in [9.17, 15) is 9.59 Å². The molecule has 2 heterocycles. The molecule has 25 heavy (non-hydrogen) atoms. The summed E-state index contributed by atoms with van der Waals surface area (Å²) in [7, 11) is 1.84. The zero-order valence-corrected chi connectivity index (χ0v) is 15.9. The van der Waals surface area contributed by atoms with E-state index in [1.807, 2.05) is 20.9 Å². The lowest BCUT2D eigenvalue weighted by atomic mass is 9.97. The second-order valence-corrected chi connectivity index (χ2v) is 6.17. The first-order chi connectivity index (χ1) is 11.4. The van der Waals surface area contributed by atoms with Gasteiger partial charge in [-0.05, 0) is 26.7 Å². The Kier molecular flexibility index (Phi) is 8.18. The lowest BCUT2D eigenvalue weighted by Crippen LogP contribution is -2.47. The van der Waals surface area contributed by atoms with Crippen LogP contribution in [0.4, 0.5) is 0 Å². The van der Waals surface area contributed by atoms with E-state index in [2.05, 4.69) is 10.4 Å². The van der Waals surface area contributed by atoms with Crippen LogP contribution in [0.5, 0.6) is 5.75 Å². The minimum Gasteiger partial charge on any atom is -0.480 e. The first-order valence-corrected chi connectivity index (χ1v) is 8.32. The zero-order valence-electron chi connectivity index (χ0n) is 15.1. The first kappa shape index (κ1) is 21.2. The fraction of sp³-hybridized carbons (Fsp3) is 0.688. The third-order valence-electron chi connectivity index (χ3n) is 4.37. The molecule has 1 saturated heterocycles. The summed E-state index contributed by atoms with van der Waals surface area (Å²) in [5, 5.41) is 7.06. The lowest BCUT2D eigenvalue weighted by Gasteiger charge is -2.32. The van der Waals surface area contributed by atoms with Crippen molar-refractivity contribution in [2.75, 3.05) is 32.8 Å². The summed E-state index contributed by atoms with van der Waals surface area (Å²) >= 11 is 0. The highest BCUT2D eigenvalue weighted by Crippen LogP contribution is 2.22. The van der Waals surface area contributed by atoms with Gasteiger partial charge in [0.1, 0.15) is 5.69 Å². The van der Waals surface area contributed by atoms with E-state index in [0.29, 0.717) is 31.9 Å². The molecular weight excluding hydrogens is 346 g/mol. The van der Waals surface area contributed by atoms with E-state index >= 15 is 0 Å². The predicted octanol–water partition coefficient (Wildman–Crippen LogP) is 0.151. The molecule has 142 valence electrons. The number of carbonyl (C=O) groups is 2. The standard InChI is InChI=1S/C16H27N5O3.ClH/c1-11-15(12(2)20(3)19-11)24-10-14(22)21-8-4-5-13(9-21)16(23)18-7-6-17;/h13H,4-10,17H2,1-3H3,(H,18,23);1H. The highest BCUT2D eigenvalue weighted by molar-refractivity contribution is 5.85. The van der Waals surface area contributed by atoms with Crippen LogP contribution in [0.3, 0.4) is 0 Å². The molecule has 0 aliphatic carbocycles. The highest BCUT2D eigenvalue weighted by Gasteiger charge is 2.28. The largest absolute Gasteiger partial charge is 0.480 e. The molecule has 9 heteroatoms. The summed E-state index contributed by atoms with van der Waals surface area (Å²) in [4.78, 5) is 26.2. The van der Waals surface area contributed by atoms with Gasteiger partial charge in [-0.2, -0.15) is 5.10 Å². The summed E-state index contributed by atoms with van der Waals surface area (Å²) in [6.45, 7) is 5.69. The Labute approximate surface area is 154 Å². The van der Waals surface area contributed by atoms with E-state index in [0.717, 1.165) is 24.2 Å². The number of amides is 2. The van der Waals surface area contributed by atoms with Crippen molar-refractivity contribution in [3.8, 4) is 5.75 Å². The molecule has 0 aromatic carbocycles. The summed E-state index contributed by atoms with van der Waals surface area (Å²) < 4.78 is 7.40. The molecule has 2 rings (SSSR count). The van der Waals surface area contributed by atoms with Crippen LogP contribution in [-0.4, -0.2) is 59.3 Å². The SMILES string of the molecule is Cc1nn(C)c(C)c1OCC(=O)N1CCCC(C(=O)NCCN)C1.Cl. The normalized spacial score (nSPS) is 17.0. The molecule has 1 aromatic rings. The molecule has 1 fully saturated rings. The van der Waals surface area contributed by atoms with E-state index in [-0.39, 0.29) is 36.7 Å². The van der Waals surface area contributed by atoms with Crippen molar-refractivity contribution in [2.24, 2.45) is 18.7 Å². The maximum absolute atomic E-state index is 12.4. The van der Waals surface area contributed by atoms with Crippen molar-refractivity contribution in [3.63, 3.8) is 0 Å². The predicted molar refractivity (Wildman–Crippen MR) is 96.8 cm³/mol. The third-order valence-corrected chi connectivity index (χ3v) is 4.37. The smallest absolute Gasteiger partial charge is 0.260 e. The Hall–Kier alpha value is -1.80. The number of halogens is 1. The van der Waals surface area contributed by atoms with Crippen LogP contribution in [-0.2, 0) is 16.6 Å². The van der Waals surface area contributed by atoms with E-state index in [1.54, 1.807) is 9.58 Å². The van der Waals surface area contributed by atoms with Crippen LogP contribution in [0.15, 0.2) is 0 Å². The van der Waals surface area contributed by atoms with Gasteiger partial charge in [-0.1, -0.05) is 0 Å². The molecular formula is C16H28ClN5O3. The van der Waals surface area contributed by atoms with Crippen LogP contribution >= 0.6 is 12.4 Å². The Morgan fingerprint density at radius 3 is 2.72 bits per heavy atom. The number of hydrogen-bond acceptors (Lipinski definition) is 5. The maximum atomic E-state index is 12.4. The molecule has 1 unspecified atom stereocenters. The van der Waals surface area contributed by atoms with Crippen LogP contribution in [0.2, 0.25) is 0 Å². The minimum atomic E-state index is -0.170. The molecule has 0 spiro atoms. The Morgan fingerprint density at radius 2 is 2.12 bits per heavy atom. The zero-order chi connectivity index (χ0) is 17.7. The molecule has 8 nitrogen and oxygen atoms in total. The number of nitrogens with zero attached hydrogens (tertiary/aromatic N) is 3. The van der Waals surface area contributed by atoms with Gasteiger partial charge in [-0.3, -0.25) is 14.3 Å². The van der Waals surface area contributed by atoms with Crippen molar-refractivity contribution in [1.82, 2.24) is 20.0 Å². The Morgan fingerprint density at radius 1 is 1.40 bits per heavy atom. The molecule has 1 aromatic heterocycles. The van der Waals surface area contributed by atoms with E-state index in [1.165, 1.54) is 0 Å². The fourth-order valence-corrected chi connectivity index (χ4v) is 2.95. The molecule has 1 aliphatic heterocycles. The number of aromatic nitrogens is 2. The van der Waals surface area contributed by atoms with Gasteiger partial charge in [0.05, 0.1) is 11.6 Å². The van der Waals surface area contributed by atoms with Gasteiger partial charge in [0.15, 0.2) is 12.4 Å². The second-order valence-electron chi connectivity index (χ2n) is 6.17. The molecule has 1 atom stereocenters. The molecule has 0 saturated carbocycles. The first-order valence-electron chi connectivity index (χ1n) is 8.32. The van der Waals surface area contributed by atoms with Gasteiger partial charge in [-0.25, -0.2) is 0 Å². The average Bonchev–Trinajstić information content (AvgIpc) is 2.82. The Balaban J connectivity index is 0.00000312. The average molecular weight is 374 g/mol. The van der Waals surface area contributed by atoms with Gasteiger partial charge >= 0.3 is 0 Å². The van der Waals surface area contributed by atoms with Crippen LogP contribution < -0.4 is 15.8 Å². The topological polar surface area (TPSA) is 102 Å². The van der Waals surface area contributed by atoms with E-state index < -0.39 is 0 Å². The monoisotopic (exact) mass is 373 g/mol. The van der Waals surface area contributed by atoms with Gasteiger partial charge in [0.25, 0.3) is 5.91 Å². The van der Waals surface area contributed by atoms with Crippen molar-refractivity contribution in [2.45, 2.75) is 26.7 Å². The lowest BCUT2D eigenvalue weighted by molar-refractivity contribution is -0.137. The van der Waals surface area contributed by atoms with E-state index in [4.69, 9.17) is 10.5 Å². The fourth-order valence-electron chi connectivity index (χ4n) is 2.95. The van der Waals surface area contributed by atoms with Crippen LogP contribution in [0.1, 0.15) is 24.2 Å². The number of rotatable bonds is 6. The third kappa shape index (κ3) is 5.34. The quantitative estimate of drug-likeness (QED) is 0.739. The number of carbonyl (C=O) groups excluding carboxylic acids is 2. The van der Waals surface area contributed by atoms with Gasteiger partial charge < -0.3 is 20.7 Å². The highest BCUT2D eigenvalue weighted by atomic mass is 35.5. The number of aryl methyl sites for hydroxylation is 2. The summed E-state index contributed by atoms with van der Waals surface area (Å²) in [5.74, 6) is 0.350. The number of nitrogens with two attached hydrogens (primary N) is 1. The molecule has 2 amide bonds. The molecule has 0 radical (unpaired) electrons.